The third-order valence-corrected chi connectivity index (χ3v) is 6.20. The molecule has 0 amide bonds. The van der Waals surface area contributed by atoms with E-state index in [1.54, 1.807) is 0 Å². The van der Waals surface area contributed by atoms with Crippen LogP contribution in [0.15, 0.2) is 66.3 Å². The summed E-state index contributed by atoms with van der Waals surface area (Å²) in [6, 6.07) is 17.2. The fourth-order valence-corrected chi connectivity index (χ4v) is 4.41. The third kappa shape index (κ3) is 4.72. The summed E-state index contributed by atoms with van der Waals surface area (Å²) in [5.41, 5.74) is 14.7. The van der Waals surface area contributed by atoms with E-state index in [0.717, 1.165) is 43.5 Å². The average molecular weight is 387 g/mol. The topological polar surface area (TPSA) is 60.8 Å². The maximum atomic E-state index is 8.78. The summed E-state index contributed by atoms with van der Waals surface area (Å²) in [5.74, 6) is 0. The van der Waals surface area contributed by atoms with Crippen molar-refractivity contribution in [3.05, 3.63) is 93.9 Å². The largest absolute Gasteiger partial charge is 0.384 e. The fraction of sp³-hybridized carbons (Fsp3) is 0.360. The Bertz CT molecular complexity index is 915. The van der Waals surface area contributed by atoms with Crippen molar-refractivity contribution >= 4 is 11.8 Å². The molecule has 0 bridgehead atoms. The fourth-order valence-electron chi connectivity index (χ4n) is 4.41. The first-order chi connectivity index (χ1) is 14.1. The Kier molecular flexibility index (Phi) is 6.79. The first kappa shape index (κ1) is 20.8. The summed E-state index contributed by atoms with van der Waals surface area (Å²) >= 11 is 0. The van der Waals surface area contributed by atoms with Gasteiger partial charge in [0.1, 0.15) is 0 Å². The summed E-state index contributed by atoms with van der Waals surface area (Å²) in [4.78, 5) is 3.02. The first-order valence-electron chi connectivity index (χ1n) is 10.3. The van der Waals surface area contributed by atoms with Gasteiger partial charge in [0.15, 0.2) is 0 Å². The molecular weight excluding hydrogens is 356 g/mol. The molecule has 2 aromatic rings. The number of benzene rings is 2. The van der Waals surface area contributed by atoms with Crippen LogP contribution in [0.1, 0.15) is 54.9 Å². The third-order valence-electron chi connectivity index (χ3n) is 6.20. The predicted octanol–water partition coefficient (Wildman–Crippen LogP) is 6.78. The summed E-state index contributed by atoms with van der Waals surface area (Å²) in [6.07, 6.45) is 8.03. The molecule has 2 aromatic carbocycles. The molecule has 0 atom stereocenters. The van der Waals surface area contributed by atoms with Gasteiger partial charge < -0.3 is 5.32 Å². The number of hydrogen-bond donors (Lipinski definition) is 1. The highest BCUT2D eigenvalue weighted by molar-refractivity contribution is 5.69. The molecule has 150 valence electrons. The van der Waals surface area contributed by atoms with E-state index in [9.17, 15) is 0 Å². The van der Waals surface area contributed by atoms with Crippen LogP contribution in [0.2, 0.25) is 0 Å². The van der Waals surface area contributed by atoms with Crippen molar-refractivity contribution in [2.24, 2.45) is 5.11 Å². The molecule has 0 aromatic heterocycles. The summed E-state index contributed by atoms with van der Waals surface area (Å²) in [7, 11) is 0. The lowest BCUT2D eigenvalue weighted by molar-refractivity contribution is 0.268. The second kappa shape index (κ2) is 9.49. The Morgan fingerprint density at radius 3 is 2.59 bits per heavy atom. The molecule has 29 heavy (non-hydrogen) atoms. The smallest absolute Gasteiger partial charge is 0.0374 e. The minimum absolute atomic E-state index is 0.0283. The number of azide groups is 1. The van der Waals surface area contributed by atoms with E-state index in [0.29, 0.717) is 0 Å². The second-order valence-corrected chi connectivity index (χ2v) is 7.93. The van der Waals surface area contributed by atoms with Crippen LogP contribution in [0.25, 0.3) is 22.2 Å². The molecule has 1 fully saturated rings. The number of rotatable bonds is 7. The second-order valence-electron chi connectivity index (χ2n) is 7.93. The van der Waals surface area contributed by atoms with Crippen molar-refractivity contribution < 1.29 is 0 Å². The van der Waals surface area contributed by atoms with Crippen LogP contribution in [-0.4, -0.2) is 12.6 Å². The van der Waals surface area contributed by atoms with Crippen LogP contribution in [-0.2, 0) is 5.41 Å². The van der Waals surface area contributed by atoms with Gasteiger partial charge in [-0.05, 0) is 61.8 Å². The summed E-state index contributed by atoms with van der Waals surface area (Å²) in [6.45, 7) is 9.35. The molecular formula is C25H30N4. The molecule has 0 aliphatic heterocycles. The SMILES string of the molecule is C=C(NCC1(c2ccccc2)CCC(N=[N+]=[N-])CC1)c1cccc(/C=C\C)c1C. The van der Waals surface area contributed by atoms with Gasteiger partial charge in [0, 0.05) is 34.2 Å². The Labute approximate surface area is 174 Å². The van der Waals surface area contributed by atoms with Crippen LogP contribution in [0.3, 0.4) is 0 Å². The molecule has 1 aliphatic carbocycles. The van der Waals surface area contributed by atoms with Crippen LogP contribution in [0, 0.1) is 6.92 Å². The molecule has 1 N–H and O–H groups in total. The molecule has 0 radical (unpaired) electrons. The van der Waals surface area contributed by atoms with Crippen molar-refractivity contribution in [2.75, 3.05) is 6.54 Å². The van der Waals surface area contributed by atoms with Crippen molar-refractivity contribution in [3.63, 3.8) is 0 Å². The highest BCUT2D eigenvalue weighted by Gasteiger charge is 2.36. The van der Waals surface area contributed by atoms with Gasteiger partial charge in [-0.3, -0.25) is 0 Å². The van der Waals surface area contributed by atoms with Crippen molar-refractivity contribution in [1.82, 2.24) is 5.32 Å². The highest BCUT2D eigenvalue weighted by Crippen LogP contribution is 2.40. The lowest BCUT2D eigenvalue weighted by atomic mass is 9.68. The van der Waals surface area contributed by atoms with E-state index in [2.05, 4.69) is 89.5 Å². The summed E-state index contributed by atoms with van der Waals surface area (Å²) in [5, 5.41) is 7.60. The lowest BCUT2D eigenvalue weighted by Crippen LogP contribution is -2.41. The number of allylic oxidation sites excluding steroid dienone is 1. The Hall–Kier alpha value is -2.97. The van der Waals surface area contributed by atoms with Crippen molar-refractivity contribution in [2.45, 2.75) is 51.0 Å². The van der Waals surface area contributed by atoms with Gasteiger partial charge in [0.2, 0.25) is 0 Å². The Balaban J connectivity index is 1.80. The van der Waals surface area contributed by atoms with E-state index in [4.69, 9.17) is 5.53 Å². The highest BCUT2D eigenvalue weighted by atomic mass is 15.1. The van der Waals surface area contributed by atoms with E-state index >= 15 is 0 Å². The molecule has 0 unspecified atom stereocenters. The normalized spacial score (nSPS) is 21.5. The van der Waals surface area contributed by atoms with Gasteiger partial charge in [-0.15, -0.1) is 0 Å². The van der Waals surface area contributed by atoms with Crippen LogP contribution in [0.5, 0.6) is 0 Å². The van der Waals surface area contributed by atoms with Gasteiger partial charge in [0.05, 0.1) is 0 Å². The molecule has 0 spiro atoms. The van der Waals surface area contributed by atoms with Crippen LogP contribution >= 0.6 is 0 Å². The standard InChI is InChI=1S/C25H30N4/c1-4-9-21-10-8-13-24(19(21)2)20(3)27-18-25(22-11-6-5-7-12-22)16-14-23(15-17-25)28-29-26/h4-13,23,27H,3,14-18H2,1-2H3/b9-4-. The monoisotopic (exact) mass is 386 g/mol. The van der Waals surface area contributed by atoms with Gasteiger partial charge in [-0.2, -0.15) is 0 Å². The van der Waals surface area contributed by atoms with E-state index < -0.39 is 0 Å². The predicted molar refractivity (Wildman–Crippen MR) is 122 cm³/mol. The van der Waals surface area contributed by atoms with Gasteiger partial charge in [0.25, 0.3) is 0 Å². The average Bonchev–Trinajstić information content (AvgIpc) is 2.76. The zero-order chi connectivity index (χ0) is 20.7. The quantitative estimate of drug-likeness (QED) is 0.318. The van der Waals surface area contributed by atoms with Crippen molar-refractivity contribution in [1.29, 1.82) is 0 Å². The maximum Gasteiger partial charge on any atom is 0.0374 e. The minimum Gasteiger partial charge on any atom is -0.384 e. The van der Waals surface area contributed by atoms with Crippen molar-refractivity contribution in [3.8, 4) is 0 Å². The molecule has 3 rings (SSSR count). The Morgan fingerprint density at radius 1 is 1.21 bits per heavy atom. The van der Waals surface area contributed by atoms with Gasteiger partial charge in [-0.1, -0.05) is 72.4 Å². The zero-order valence-electron chi connectivity index (χ0n) is 17.4. The molecule has 4 heteroatoms. The molecule has 0 heterocycles. The lowest BCUT2D eigenvalue weighted by Gasteiger charge is -2.40. The molecule has 4 nitrogen and oxygen atoms in total. The van der Waals surface area contributed by atoms with E-state index in [1.165, 1.54) is 16.7 Å². The first-order valence-corrected chi connectivity index (χ1v) is 10.3. The maximum absolute atomic E-state index is 8.78. The van der Waals surface area contributed by atoms with Crippen LogP contribution in [0.4, 0.5) is 0 Å². The zero-order valence-corrected chi connectivity index (χ0v) is 17.4. The molecule has 0 saturated heterocycles. The summed E-state index contributed by atoms with van der Waals surface area (Å²) < 4.78 is 0. The van der Waals surface area contributed by atoms with Gasteiger partial charge >= 0.3 is 0 Å². The Morgan fingerprint density at radius 2 is 1.93 bits per heavy atom. The minimum atomic E-state index is 0.0283. The van der Waals surface area contributed by atoms with E-state index in [1.807, 2.05) is 6.92 Å². The number of hydrogen-bond acceptors (Lipinski definition) is 2. The van der Waals surface area contributed by atoms with E-state index in [-0.39, 0.29) is 11.5 Å². The van der Waals surface area contributed by atoms with Gasteiger partial charge in [-0.25, -0.2) is 0 Å². The number of nitrogens with zero attached hydrogens (tertiary/aromatic N) is 3. The molecule has 1 saturated carbocycles. The number of nitrogens with one attached hydrogen (secondary N) is 1. The van der Waals surface area contributed by atoms with Crippen LogP contribution < -0.4 is 5.32 Å². The molecule has 1 aliphatic rings.